The quantitative estimate of drug-likeness (QED) is 0.882. The highest BCUT2D eigenvalue weighted by molar-refractivity contribution is 9.10. The number of amides is 1. The van der Waals surface area contributed by atoms with Gasteiger partial charge in [-0.1, -0.05) is 28.1 Å². The minimum atomic E-state index is -0.239. The van der Waals surface area contributed by atoms with Gasteiger partial charge in [0.2, 0.25) is 5.91 Å². The summed E-state index contributed by atoms with van der Waals surface area (Å²) in [5.41, 5.74) is 6.57. The molecule has 3 N–H and O–H groups in total. The largest absolute Gasteiger partial charge is 0.368 e. The predicted octanol–water partition coefficient (Wildman–Crippen LogP) is 1.45. The molecule has 1 heterocycles. The van der Waals surface area contributed by atoms with Crippen molar-refractivity contribution in [2.45, 2.75) is 18.9 Å². The van der Waals surface area contributed by atoms with Crippen LogP contribution < -0.4 is 11.1 Å². The van der Waals surface area contributed by atoms with Crippen LogP contribution in [0.4, 0.5) is 0 Å². The average molecular weight is 283 g/mol. The molecule has 86 valence electrons. The summed E-state index contributed by atoms with van der Waals surface area (Å²) in [4.78, 5) is 11.0. The summed E-state index contributed by atoms with van der Waals surface area (Å²) in [6.45, 7) is 0.875. The van der Waals surface area contributed by atoms with E-state index in [2.05, 4.69) is 33.4 Å². The van der Waals surface area contributed by atoms with E-state index in [1.165, 1.54) is 5.56 Å². The molecule has 0 saturated carbocycles. The maximum Gasteiger partial charge on any atom is 0.234 e. The molecule has 1 saturated heterocycles. The van der Waals surface area contributed by atoms with Crippen LogP contribution in [0.5, 0.6) is 0 Å². The summed E-state index contributed by atoms with van der Waals surface area (Å²) in [5, 5.41) is 3.15. The van der Waals surface area contributed by atoms with E-state index in [0.717, 1.165) is 23.9 Å². The first-order chi connectivity index (χ1) is 7.65. The molecular weight excluding hydrogens is 268 g/mol. The van der Waals surface area contributed by atoms with Crippen molar-refractivity contribution in [2.75, 3.05) is 6.54 Å². The number of hydrogen-bond donors (Lipinski definition) is 2. The fourth-order valence-corrected chi connectivity index (χ4v) is 2.63. The van der Waals surface area contributed by atoms with Crippen molar-refractivity contribution >= 4 is 21.8 Å². The standard InChI is InChI=1S/C12H15BrN2O/c13-10-3-1-2-8(5-10)4-9-6-11(12(14)16)15-7-9/h1-3,5,9,11,15H,4,6-7H2,(H2,14,16)/t9-,11+/m1/s1. The number of carbonyl (C=O) groups is 1. The van der Waals surface area contributed by atoms with Gasteiger partial charge in [0.15, 0.2) is 0 Å². The molecule has 2 rings (SSSR count). The molecular formula is C12H15BrN2O. The van der Waals surface area contributed by atoms with Crippen molar-refractivity contribution < 1.29 is 4.79 Å². The Labute approximate surface area is 104 Å². The zero-order valence-corrected chi connectivity index (χ0v) is 10.5. The fraction of sp³-hybridized carbons (Fsp3) is 0.417. The second-order valence-electron chi connectivity index (χ2n) is 4.30. The average Bonchev–Trinajstić information content (AvgIpc) is 2.66. The minimum absolute atomic E-state index is 0.142. The van der Waals surface area contributed by atoms with E-state index >= 15 is 0 Å². The number of primary amides is 1. The lowest BCUT2D eigenvalue weighted by molar-refractivity contribution is -0.119. The number of carbonyl (C=O) groups excluding carboxylic acids is 1. The zero-order chi connectivity index (χ0) is 11.5. The molecule has 1 aromatic rings. The Balaban J connectivity index is 1.94. The lowest BCUT2D eigenvalue weighted by Gasteiger charge is -2.08. The predicted molar refractivity (Wildman–Crippen MR) is 66.9 cm³/mol. The maximum absolute atomic E-state index is 11.0. The molecule has 0 aliphatic carbocycles. The number of rotatable bonds is 3. The maximum atomic E-state index is 11.0. The second kappa shape index (κ2) is 4.97. The highest BCUT2D eigenvalue weighted by atomic mass is 79.9. The molecule has 1 amide bonds. The molecule has 1 aromatic carbocycles. The van der Waals surface area contributed by atoms with Crippen molar-refractivity contribution in [1.29, 1.82) is 0 Å². The van der Waals surface area contributed by atoms with Crippen LogP contribution in [0, 0.1) is 5.92 Å². The number of nitrogens with two attached hydrogens (primary N) is 1. The highest BCUT2D eigenvalue weighted by Crippen LogP contribution is 2.21. The van der Waals surface area contributed by atoms with E-state index in [4.69, 9.17) is 5.73 Å². The summed E-state index contributed by atoms with van der Waals surface area (Å²) in [7, 11) is 0. The van der Waals surface area contributed by atoms with Gasteiger partial charge in [-0.3, -0.25) is 4.79 Å². The van der Waals surface area contributed by atoms with Crippen LogP contribution in [0.3, 0.4) is 0 Å². The molecule has 16 heavy (non-hydrogen) atoms. The number of benzene rings is 1. The highest BCUT2D eigenvalue weighted by Gasteiger charge is 2.27. The van der Waals surface area contributed by atoms with Crippen molar-refractivity contribution in [1.82, 2.24) is 5.32 Å². The molecule has 1 aliphatic rings. The lowest BCUT2D eigenvalue weighted by Crippen LogP contribution is -2.36. The lowest BCUT2D eigenvalue weighted by atomic mass is 9.97. The third kappa shape index (κ3) is 2.83. The number of nitrogens with one attached hydrogen (secondary N) is 1. The molecule has 0 aromatic heterocycles. The van der Waals surface area contributed by atoms with Crippen molar-refractivity contribution in [3.05, 3.63) is 34.3 Å². The van der Waals surface area contributed by atoms with Gasteiger partial charge >= 0.3 is 0 Å². The van der Waals surface area contributed by atoms with Gasteiger partial charge in [0.05, 0.1) is 6.04 Å². The number of hydrogen-bond acceptors (Lipinski definition) is 2. The monoisotopic (exact) mass is 282 g/mol. The second-order valence-corrected chi connectivity index (χ2v) is 5.21. The Morgan fingerprint density at radius 1 is 1.56 bits per heavy atom. The van der Waals surface area contributed by atoms with Crippen LogP contribution in [-0.2, 0) is 11.2 Å². The van der Waals surface area contributed by atoms with Gasteiger partial charge in [-0.25, -0.2) is 0 Å². The van der Waals surface area contributed by atoms with Crippen LogP contribution >= 0.6 is 15.9 Å². The van der Waals surface area contributed by atoms with E-state index < -0.39 is 0 Å². The molecule has 4 heteroatoms. The van der Waals surface area contributed by atoms with Gasteiger partial charge in [0, 0.05) is 4.47 Å². The summed E-state index contributed by atoms with van der Waals surface area (Å²) in [5.74, 6) is 0.267. The van der Waals surface area contributed by atoms with Crippen LogP contribution in [0.25, 0.3) is 0 Å². The summed E-state index contributed by atoms with van der Waals surface area (Å²) < 4.78 is 1.10. The first-order valence-electron chi connectivity index (χ1n) is 5.42. The van der Waals surface area contributed by atoms with Gasteiger partial charge in [-0.05, 0) is 43.0 Å². The minimum Gasteiger partial charge on any atom is -0.368 e. The number of halogens is 1. The van der Waals surface area contributed by atoms with Crippen LogP contribution in [0.2, 0.25) is 0 Å². The normalized spacial score (nSPS) is 24.6. The molecule has 0 radical (unpaired) electrons. The van der Waals surface area contributed by atoms with Gasteiger partial charge in [-0.2, -0.15) is 0 Å². The SMILES string of the molecule is NC(=O)[C@@H]1C[C@@H](Cc2cccc(Br)c2)CN1. The van der Waals surface area contributed by atoms with Gasteiger partial charge < -0.3 is 11.1 Å². The van der Waals surface area contributed by atoms with Gasteiger partial charge in [-0.15, -0.1) is 0 Å². The van der Waals surface area contributed by atoms with E-state index in [0.29, 0.717) is 5.92 Å². The van der Waals surface area contributed by atoms with Crippen LogP contribution in [0.1, 0.15) is 12.0 Å². The Hall–Kier alpha value is -0.870. The Kier molecular flexibility index (Phi) is 3.61. The zero-order valence-electron chi connectivity index (χ0n) is 8.95. The van der Waals surface area contributed by atoms with Crippen LogP contribution in [-0.4, -0.2) is 18.5 Å². The molecule has 1 fully saturated rings. The summed E-state index contributed by atoms with van der Waals surface area (Å²) >= 11 is 3.46. The van der Waals surface area contributed by atoms with E-state index in [-0.39, 0.29) is 11.9 Å². The molecule has 0 unspecified atom stereocenters. The first kappa shape index (κ1) is 11.6. The molecule has 3 nitrogen and oxygen atoms in total. The Morgan fingerprint density at radius 2 is 2.38 bits per heavy atom. The van der Waals surface area contributed by atoms with Crippen molar-refractivity contribution in [3.63, 3.8) is 0 Å². The first-order valence-corrected chi connectivity index (χ1v) is 6.21. The van der Waals surface area contributed by atoms with Gasteiger partial charge in [0.25, 0.3) is 0 Å². The third-order valence-corrected chi connectivity index (χ3v) is 3.47. The Morgan fingerprint density at radius 3 is 3.00 bits per heavy atom. The van der Waals surface area contributed by atoms with Crippen molar-refractivity contribution in [2.24, 2.45) is 11.7 Å². The molecule has 0 spiro atoms. The van der Waals surface area contributed by atoms with E-state index in [1.54, 1.807) is 0 Å². The van der Waals surface area contributed by atoms with E-state index in [9.17, 15) is 4.79 Å². The van der Waals surface area contributed by atoms with Crippen molar-refractivity contribution in [3.8, 4) is 0 Å². The topological polar surface area (TPSA) is 55.1 Å². The van der Waals surface area contributed by atoms with E-state index in [1.807, 2.05) is 12.1 Å². The Bertz CT molecular complexity index is 394. The van der Waals surface area contributed by atoms with Crippen LogP contribution in [0.15, 0.2) is 28.7 Å². The molecule has 2 atom stereocenters. The van der Waals surface area contributed by atoms with Gasteiger partial charge in [0.1, 0.15) is 0 Å². The third-order valence-electron chi connectivity index (χ3n) is 2.98. The molecule has 0 bridgehead atoms. The fourth-order valence-electron chi connectivity index (χ4n) is 2.18. The summed E-state index contributed by atoms with van der Waals surface area (Å²) in [6, 6.07) is 8.15. The summed E-state index contributed by atoms with van der Waals surface area (Å²) in [6.07, 6.45) is 1.85. The molecule has 1 aliphatic heterocycles. The smallest absolute Gasteiger partial charge is 0.234 e.